The monoisotopic (exact) mass is 262 g/mol. The standard InChI is InChI=1S/C15H22N2O2/c1-12(11-17-9-3-2-4-10-17)16-15(19)13-5-7-14(18)8-6-13/h5-8,12,18H,2-4,9-11H2,1H3,(H,16,19). The lowest BCUT2D eigenvalue weighted by Gasteiger charge is -2.29. The SMILES string of the molecule is CC(CN1CCCCC1)NC(=O)c1ccc(O)cc1. The highest BCUT2D eigenvalue weighted by atomic mass is 16.3. The number of phenols is 1. The van der Waals surface area contributed by atoms with Crippen LogP contribution in [0.1, 0.15) is 36.5 Å². The molecule has 0 spiro atoms. The molecule has 1 aliphatic rings. The maximum Gasteiger partial charge on any atom is 0.251 e. The Hall–Kier alpha value is -1.55. The van der Waals surface area contributed by atoms with Crippen LogP contribution in [-0.4, -0.2) is 41.6 Å². The van der Waals surface area contributed by atoms with Crippen LogP contribution < -0.4 is 5.32 Å². The summed E-state index contributed by atoms with van der Waals surface area (Å²) < 4.78 is 0. The third kappa shape index (κ3) is 4.24. The molecule has 104 valence electrons. The first-order valence-electron chi connectivity index (χ1n) is 6.97. The highest BCUT2D eigenvalue weighted by molar-refractivity contribution is 5.94. The Bertz CT molecular complexity index is 411. The number of carbonyl (C=O) groups is 1. The molecule has 0 aliphatic carbocycles. The molecule has 1 aromatic rings. The third-order valence-corrected chi connectivity index (χ3v) is 3.49. The second kappa shape index (κ2) is 6.57. The number of hydrogen-bond donors (Lipinski definition) is 2. The molecule has 1 atom stereocenters. The van der Waals surface area contributed by atoms with E-state index in [1.54, 1.807) is 12.1 Å². The number of phenolic OH excluding ortho intramolecular Hbond substituents is 1. The zero-order valence-corrected chi connectivity index (χ0v) is 11.4. The van der Waals surface area contributed by atoms with Gasteiger partial charge in [0.2, 0.25) is 0 Å². The summed E-state index contributed by atoms with van der Waals surface area (Å²) in [4.78, 5) is 14.4. The lowest BCUT2D eigenvalue weighted by molar-refractivity contribution is 0.0925. The average molecular weight is 262 g/mol. The number of piperidine rings is 1. The minimum absolute atomic E-state index is 0.0792. The first-order valence-corrected chi connectivity index (χ1v) is 6.97. The number of hydrogen-bond acceptors (Lipinski definition) is 3. The van der Waals surface area contributed by atoms with Crippen molar-refractivity contribution in [1.29, 1.82) is 0 Å². The van der Waals surface area contributed by atoms with Crippen molar-refractivity contribution < 1.29 is 9.90 Å². The van der Waals surface area contributed by atoms with Crippen molar-refractivity contribution in [2.45, 2.75) is 32.2 Å². The summed E-state index contributed by atoms with van der Waals surface area (Å²) in [6, 6.07) is 6.48. The summed E-state index contributed by atoms with van der Waals surface area (Å²) in [6.45, 7) is 5.22. The zero-order chi connectivity index (χ0) is 13.7. The molecule has 2 rings (SSSR count). The quantitative estimate of drug-likeness (QED) is 0.872. The Labute approximate surface area is 114 Å². The highest BCUT2D eigenvalue weighted by Gasteiger charge is 2.15. The van der Waals surface area contributed by atoms with E-state index in [9.17, 15) is 9.90 Å². The van der Waals surface area contributed by atoms with Crippen LogP contribution in [0, 0.1) is 0 Å². The van der Waals surface area contributed by atoms with Gasteiger partial charge < -0.3 is 15.3 Å². The molecular formula is C15H22N2O2. The minimum atomic E-state index is -0.0792. The van der Waals surface area contributed by atoms with Gasteiger partial charge in [0.15, 0.2) is 0 Å². The Morgan fingerprint density at radius 1 is 1.26 bits per heavy atom. The molecule has 0 bridgehead atoms. The van der Waals surface area contributed by atoms with Gasteiger partial charge in [0, 0.05) is 18.2 Å². The molecule has 0 radical (unpaired) electrons. The largest absolute Gasteiger partial charge is 0.508 e. The van der Waals surface area contributed by atoms with Crippen molar-refractivity contribution in [3.8, 4) is 5.75 Å². The Morgan fingerprint density at radius 2 is 1.89 bits per heavy atom. The van der Waals surface area contributed by atoms with Gasteiger partial charge in [0.1, 0.15) is 5.75 Å². The number of rotatable bonds is 4. The van der Waals surface area contributed by atoms with Crippen molar-refractivity contribution in [2.24, 2.45) is 0 Å². The molecule has 0 aromatic heterocycles. The fourth-order valence-electron chi connectivity index (χ4n) is 2.49. The number of carbonyl (C=O) groups excluding carboxylic acids is 1. The van der Waals surface area contributed by atoms with Gasteiger partial charge >= 0.3 is 0 Å². The maximum absolute atomic E-state index is 12.0. The molecule has 19 heavy (non-hydrogen) atoms. The number of amides is 1. The predicted octanol–water partition coefficient (Wildman–Crippen LogP) is 2.00. The number of aromatic hydroxyl groups is 1. The van der Waals surface area contributed by atoms with Crippen LogP contribution in [0.3, 0.4) is 0 Å². The lowest BCUT2D eigenvalue weighted by atomic mass is 10.1. The molecule has 1 aromatic carbocycles. The predicted molar refractivity (Wildman–Crippen MR) is 75.3 cm³/mol. The van der Waals surface area contributed by atoms with Gasteiger partial charge in [0.05, 0.1) is 0 Å². The number of benzene rings is 1. The molecular weight excluding hydrogens is 240 g/mol. The number of nitrogens with one attached hydrogen (secondary N) is 1. The lowest BCUT2D eigenvalue weighted by Crippen LogP contribution is -2.43. The summed E-state index contributed by atoms with van der Waals surface area (Å²) in [5.74, 6) is 0.0995. The average Bonchev–Trinajstić information content (AvgIpc) is 2.40. The van der Waals surface area contributed by atoms with Crippen molar-refractivity contribution in [3.63, 3.8) is 0 Å². The fraction of sp³-hybridized carbons (Fsp3) is 0.533. The summed E-state index contributed by atoms with van der Waals surface area (Å²) in [6.07, 6.45) is 3.85. The molecule has 1 aliphatic heterocycles. The summed E-state index contributed by atoms with van der Waals surface area (Å²) in [5, 5.41) is 12.2. The first kappa shape index (κ1) is 13.9. The van der Waals surface area contributed by atoms with Crippen LogP contribution in [0.25, 0.3) is 0 Å². The molecule has 2 N–H and O–H groups in total. The molecule has 1 unspecified atom stereocenters. The van der Waals surface area contributed by atoms with E-state index >= 15 is 0 Å². The molecule has 4 nitrogen and oxygen atoms in total. The van der Waals surface area contributed by atoms with Crippen molar-refractivity contribution in [1.82, 2.24) is 10.2 Å². The Kier molecular flexibility index (Phi) is 4.80. The maximum atomic E-state index is 12.0. The summed E-state index contributed by atoms with van der Waals surface area (Å²) >= 11 is 0. The molecule has 1 amide bonds. The zero-order valence-electron chi connectivity index (χ0n) is 11.4. The van der Waals surface area contributed by atoms with Gasteiger partial charge in [-0.3, -0.25) is 4.79 Å². The van der Waals surface area contributed by atoms with Crippen molar-refractivity contribution in [3.05, 3.63) is 29.8 Å². The van der Waals surface area contributed by atoms with Crippen molar-refractivity contribution >= 4 is 5.91 Å². The van der Waals surface area contributed by atoms with Gasteiger partial charge in [-0.15, -0.1) is 0 Å². The Morgan fingerprint density at radius 3 is 2.53 bits per heavy atom. The van der Waals surface area contributed by atoms with E-state index in [0.717, 1.165) is 19.6 Å². The first-order chi connectivity index (χ1) is 9.15. The highest BCUT2D eigenvalue weighted by Crippen LogP contribution is 2.11. The van der Waals surface area contributed by atoms with Crippen LogP contribution in [0.4, 0.5) is 0 Å². The number of nitrogens with zero attached hydrogens (tertiary/aromatic N) is 1. The number of likely N-dealkylation sites (tertiary alicyclic amines) is 1. The van der Waals surface area contributed by atoms with Gasteiger partial charge in [-0.1, -0.05) is 6.42 Å². The van der Waals surface area contributed by atoms with Gasteiger partial charge in [-0.25, -0.2) is 0 Å². The Balaban J connectivity index is 1.82. The minimum Gasteiger partial charge on any atom is -0.508 e. The van der Waals surface area contributed by atoms with Gasteiger partial charge in [-0.2, -0.15) is 0 Å². The molecule has 1 fully saturated rings. The van der Waals surface area contributed by atoms with Crippen molar-refractivity contribution in [2.75, 3.05) is 19.6 Å². The van der Waals surface area contributed by atoms with E-state index in [1.165, 1.54) is 31.4 Å². The molecule has 0 saturated carbocycles. The summed E-state index contributed by atoms with van der Waals surface area (Å²) in [5.41, 5.74) is 0.586. The van der Waals surface area contributed by atoms with Crippen LogP contribution in [0.5, 0.6) is 5.75 Å². The van der Waals surface area contributed by atoms with Gasteiger partial charge in [-0.05, 0) is 57.1 Å². The van der Waals surface area contributed by atoms with E-state index in [1.807, 2.05) is 6.92 Å². The van der Waals surface area contributed by atoms with E-state index in [2.05, 4.69) is 10.2 Å². The summed E-state index contributed by atoms with van der Waals surface area (Å²) in [7, 11) is 0. The van der Waals surface area contributed by atoms with E-state index < -0.39 is 0 Å². The van der Waals surface area contributed by atoms with E-state index in [4.69, 9.17) is 0 Å². The second-order valence-electron chi connectivity index (χ2n) is 5.28. The molecule has 4 heteroatoms. The third-order valence-electron chi connectivity index (χ3n) is 3.49. The van der Waals surface area contributed by atoms with E-state index in [0.29, 0.717) is 5.56 Å². The second-order valence-corrected chi connectivity index (χ2v) is 5.28. The molecule has 1 saturated heterocycles. The molecule has 1 heterocycles. The normalized spacial score (nSPS) is 17.9. The van der Waals surface area contributed by atoms with Crippen LogP contribution in [0.2, 0.25) is 0 Å². The van der Waals surface area contributed by atoms with Gasteiger partial charge in [0.25, 0.3) is 5.91 Å². The smallest absolute Gasteiger partial charge is 0.251 e. The topological polar surface area (TPSA) is 52.6 Å². The fourth-order valence-corrected chi connectivity index (χ4v) is 2.49. The van der Waals surface area contributed by atoms with Crippen LogP contribution in [0.15, 0.2) is 24.3 Å². The van der Waals surface area contributed by atoms with E-state index in [-0.39, 0.29) is 17.7 Å². The van der Waals surface area contributed by atoms with Crippen LogP contribution >= 0.6 is 0 Å². The van der Waals surface area contributed by atoms with Crippen LogP contribution in [-0.2, 0) is 0 Å².